The number of nitrogens with zero attached hydrogens (tertiary/aromatic N) is 3. The van der Waals surface area contributed by atoms with Crippen LogP contribution in [0.1, 0.15) is 25.2 Å². The largest absolute Gasteiger partial charge is 0.436 e. The smallest absolute Gasteiger partial charge is 0.422 e. The number of rotatable bonds is 1. The third-order valence-electron chi connectivity index (χ3n) is 2.66. The first kappa shape index (κ1) is 11.6. The number of carbonyl (C=O) groups is 1. The van der Waals surface area contributed by atoms with E-state index in [2.05, 4.69) is 16.5 Å². The highest BCUT2D eigenvalue weighted by Gasteiger charge is 2.44. The van der Waals surface area contributed by atoms with Gasteiger partial charge < -0.3 is 4.74 Å². The minimum Gasteiger partial charge on any atom is -0.436 e. The number of amides is 1. The molecule has 5 heteroatoms. The molecule has 1 saturated heterocycles. The maximum atomic E-state index is 11.8. The third-order valence-corrected chi connectivity index (χ3v) is 2.66. The van der Waals surface area contributed by atoms with Crippen LogP contribution in [0.15, 0.2) is 18.3 Å². The summed E-state index contributed by atoms with van der Waals surface area (Å²) in [5, 5.41) is 0. The second-order valence-corrected chi connectivity index (χ2v) is 4.61. The van der Waals surface area contributed by atoms with Gasteiger partial charge in [-0.25, -0.2) is 19.7 Å². The average molecular weight is 233 g/mol. The summed E-state index contributed by atoms with van der Waals surface area (Å²) in [5.74, 6) is 0.322. The predicted octanol–water partition coefficient (Wildman–Crippen LogP) is 2.34. The summed E-state index contributed by atoms with van der Waals surface area (Å²) < 4.78 is 5.22. The van der Waals surface area contributed by atoms with Crippen LogP contribution in [-0.4, -0.2) is 21.7 Å². The maximum Gasteiger partial charge on any atom is 0.422 e. The highest BCUT2D eigenvalue weighted by molar-refractivity contribution is 5.92. The van der Waals surface area contributed by atoms with E-state index in [-0.39, 0.29) is 0 Å². The van der Waals surface area contributed by atoms with Crippen molar-refractivity contribution in [1.29, 1.82) is 0 Å². The van der Waals surface area contributed by atoms with Crippen molar-refractivity contribution in [2.45, 2.75) is 33.3 Å². The molecule has 0 atom stereocenters. The van der Waals surface area contributed by atoms with Gasteiger partial charge in [-0.05, 0) is 33.8 Å². The van der Waals surface area contributed by atoms with Crippen molar-refractivity contribution in [1.82, 2.24) is 9.97 Å². The third kappa shape index (κ3) is 1.88. The van der Waals surface area contributed by atoms with Crippen molar-refractivity contribution < 1.29 is 9.53 Å². The molecular formula is C12H15N3O2. The van der Waals surface area contributed by atoms with Crippen LogP contribution in [0.3, 0.4) is 0 Å². The Balaban J connectivity index is 2.47. The molecule has 2 heterocycles. The first-order valence-electron chi connectivity index (χ1n) is 5.36. The summed E-state index contributed by atoms with van der Waals surface area (Å²) in [6.45, 7) is 11.2. The topological polar surface area (TPSA) is 55.3 Å². The molecule has 0 radical (unpaired) electrons. The number of carbonyl (C=O) groups excluding carboxylic acids is 1. The fourth-order valence-electron chi connectivity index (χ4n) is 1.71. The molecule has 2 rings (SSSR count). The van der Waals surface area contributed by atoms with Crippen molar-refractivity contribution >= 4 is 12.0 Å². The molecule has 0 aliphatic carbocycles. The number of anilines is 1. The summed E-state index contributed by atoms with van der Waals surface area (Å²) in [6.07, 6.45) is -0.481. The molecule has 0 saturated carbocycles. The number of cyclic esters (lactones) is 1. The molecule has 90 valence electrons. The zero-order valence-corrected chi connectivity index (χ0v) is 10.4. The molecule has 17 heavy (non-hydrogen) atoms. The molecule has 1 fully saturated rings. The Labute approximate surface area is 100 Å². The molecular weight excluding hydrogens is 218 g/mol. The second-order valence-electron chi connectivity index (χ2n) is 4.61. The van der Waals surface area contributed by atoms with Gasteiger partial charge in [-0.2, -0.15) is 0 Å². The van der Waals surface area contributed by atoms with Crippen LogP contribution < -0.4 is 4.90 Å². The van der Waals surface area contributed by atoms with E-state index in [9.17, 15) is 4.79 Å². The zero-order valence-electron chi connectivity index (χ0n) is 10.4. The van der Waals surface area contributed by atoms with Crippen LogP contribution >= 0.6 is 0 Å². The minimum absolute atomic E-state index is 0.322. The lowest BCUT2D eigenvalue weighted by Gasteiger charge is -2.18. The summed E-state index contributed by atoms with van der Waals surface area (Å²) in [4.78, 5) is 21.6. The van der Waals surface area contributed by atoms with Gasteiger partial charge >= 0.3 is 6.09 Å². The Hall–Kier alpha value is -1.91. The van der Waals surface area contributed by atoms with Gasteiger partial charge in [-0.1, -0.05) is 6.58 Å². The zero-order chi connectivity index (χ0) is 12.8. The molecule has 1 aliphatic rings. The lowest BCUT2D eigenvalue weighted by molar-refractivity contribution is 0.0987. The van der Waals surface area contributed by atoms with Crippen molar-refractivity contribution in [3.8, 4) is 0 Å². The quantitative estimate of drug-likeness (QED) is 0.747. The van der Waals surface area contributed by atoms with Gasteiger partial charge in [-0.3, -0.25) is 0 Å². The number of aromatic nitrogens is 2. The molecule has 5 nitrogen and oxygen atoms in total. The highest BCUT2D eigenvalue weighted by Crippen LogP contribution is 2.33. The molecule has 0 N–H and O–H groups in total. The minimum atomic E-state index is -0.710. The van der Waals surface area contributed by atoms with E-state index >= 15 is 0 Å². The number of aryl methyl sites for hydroxylation is 2. The van der Waals surface area contributed by atoms with Gasteiger partial charge in [0.15, 0.2) is 0 Å². The maximum absolute atomic E-state index is 11.8. The van der Waals surface area contributed by atoms with Gasteiger partial charge in [0.1, 0.15) is 5.60 Å². The molecule has 1 amide bonds. The van der Waals surface area contributed by atoms with E-state index in [1.165, 1.54) is 4.90 Å². The van der Waals surface area contributed by atoms with Crippen molar-refractivity contribution in [3.05, 3.63) is 29.7 Å². The van der Waals surface area contributed by atoms with Crippen molar-refractivity contribution in [3.63, 3.8) is 0 Å². The Bertz CT molecular complexity index is 488. The number of hydrogen-bond donors (Lipinski definition) is 0. The molecule has 1 aromatic rings. The molecule has 0 unspecified atom stereocenters. The summed E-state index contributed by atoms with van der Waals surface area (Å²) in [7, 11) is 0. The van der Waals surface area contributed by atoms with E-state index in [1.54, 1.807) is 13.8 Å². The fraction of sp³-hybridized carbons (Fsp3) is 0.417. The SMILES string of the molecule is C=C1N(c2nc(C)cc(C)n2)C(=O)OC1(C)C. The standard InChI is InChI=1S/C12H15N3O2/c1-7-6-8(2)14-10(13-7)15-9(3)12(4,5)17-11(15)16/h6H,3H2,1-2,4-5H3. The van der Waals surface area contributed by atoms with Crippen LogP contribution in [0.4, 0.5) is 10.7 Å². The first-order chi connectivity index (χ1) is 7.81. The normalized spacial score (nSPS) is 18.5. The van der Waals surface area contributed by atoms with E-state index < -0.39 is 11.7 Å². The second kappa shape index (κ2) is 3.55. The van der Waals surface area contributed by atoms with Crippen molar-refractivity contribution in [2.75, 3.05) is 4.90 Å². The van der Waals surface area contributed by atoms with Gasteiger partial charge in [-0.15, -0.1) is 0 Å². The number of ether oxygens (including phenoxy) is 1. The lowest BCUT2D eigenvalue weighted by atomic mass is 10.1. The average Bonchev–Trinajstić information content (AvgIpc) is 2.34. The summed E-state index contributed by atoms with van der Waals surface area (Å²) >= 11 is 0. The molecule has 1 aromatic heterocycles. The van der Waals surface area contributed by atoms with E-state index in [1.807, 2.05) is 19.9 Å². The Morgan fingerprint density at radius 2 is 1.82 bits per heavy atom. The van der Waals surface area contributed by atoms with E-state index in [4.69, 9.17) is 4.74 Å². The Kier molecular flexibility index (Phi) is 2.41. The fourth-order valence-corrected chi connectivity index (χ4v) is 1.71. The van der Waals surface area contributed by atoms with Gasteiger partial charge in [0, 0.05) is 11.4 Å². The Morgan fingerprint density at radius 1 is 1.29 bits per heavy atom. The van der Waals surface area contributed by atoms with Gasteiger partial charge in [0.25, 0.3) is 0 Å². The predicted molar refractivity (Wildman–Crippen MR) is 63.7 cm³/mol. The Morgan fingerprint density at radius 3 is 2.24 bits per heavy atom. The monoisotopic (exact) mass is 233 g/mol. The molecule has 0 bridgehead atoms. The van der Waals surface area contributed by atoms with Crippen LogP contribution in [0.25, 0.3) is 0 Å². The summed E-state index contributed by atoms with van der Waals surface area (Å²) in [5.41, 5.74) is 1.45. The van der Waals surface area contributed by atoms with Crippen LogP contribution in [0, 0.1) is 13.8 Å². The molecule has 0 spiro atoms. The first-order valence-corrected chi connectivity index (χ1v) is 5.36. The van der Waals surface area contributed by atoms with Crippen LogP contribution in [-0.2, 0) is 4.74 Å². The van der Waals surface area contributed by atoms with Gasteiger partial charge in [0.05, 0.1) is 5.70 Å². The van der Waals surface area contributed by atoms with Crippen LogP contribution in [0.5, 0.6) is 0 Å². The molecule has 0 aromatic carbocycles. The van der Waals surface area contributed by atoms with E-state index in [0.29, 0.717) is 11.6 Å². The summed E-state index contributed by atoms with van der Waals surface area (Å²) in [6, 6.07) is 1.85. The lowest BCUT2D eigenvalue weighted by Crippen LogP contribution is -2.26. The highest BCUT2D eigenvalue weighted by atomic mass is 16.6. The van der Waals surface area contributed by atoms with Gasteiger partial charge in [0.2, 0.25) is 5.95 Å². The van der Waals surface area contributed by atoms with E-state index in [0.717, 1.165) is 11.4 Å². The molecule has 1 aliphatic heterocycles. The van der Waals surface area contributed by atoms with Crippen molar-refractivity contribution in [2.24, 2.45) is 0 Å². The number of hydrogen-bond acceptors (Lipinski definition) is 4. The van der Waals surface area contributed by atoms with Crippen LogP contribution in [0.2, 0.25) is 0 Å².